The topological polar surface area (TPSA) is 78.4 Å². The second kappa shape index (κ2) is 8.12. The minimum absolute atomic E-state index is 0.160. The first-order valence-electron chi connectivity index (χ1n) is 7.73. The van der Waals surface area contributed by atoms with Gasteiger partial charge in [0, 0.05) is 13.1 Å². The number of carbonyl (C=O) groups is 2. The van der Waals surface area contributed by atoms with Gasteiger partial charge < -0.3 is 15.7 Å². The maximum atomic E-state index is 11.6. The molecular formula is C15H28N2O3. The summed E-state index contributed by atoms with van der Waals surface area (Å²) in [7, 11) is 0. The highest BCUT2D eigenvalue weighted by Crippen LogP contribution is 2.28. The van der Waals surface area contributed by atoms with Gasteiger partial charge in [-0.2, -0.15) is 0 Å². The van der Waals surface area contributed by atoms with Gasteiger partial charge in [-0.25, -0.2) is 4.79 Å². The fourth-order valence-electron chi connectivity index (χ4n) is 2.58. The number of aliphatic carboxylic acids is 1. The number of nitrogens with one attached hydrogen (secondary N) is 2. The van der Waals surface area contributed by atoms with Gasteiger partial charge in [-0.1, -0.05) is 32.6 Å². The Morgan fingerprint density at radius 2 is 1.90 bits per heavy atom. The molecule has 0 aliphatic heterocycles. The number of hydrogen-bond acceptors (Lipinski definition) is 2. The fourth-order valence-corrected chi connectivity index (χ4v) is 2.58. The molecule has 0 aromatic carbocycles. The highest BCUT2D eigenvalue weighted by Gasteiger charge is 2.31. The van der Waals surface area contributed by atoms with E-state index < -0.39 is 11.4 Å². The SMILES string of the molecule is CCC(C)(CNC(=O)NCCCC1CCCC1)C(=O)O. The van der Waals surface area contributed by atoms with Gasteiger partial charge in [0.25, 0.3) is 0 Å². The van der Waals surface area contributed by atoms with Crippen LogP contribution < -0.4 is 10.6 Å². The third kappa shape index (κ3) is 5.39. The molecule has 1 saturated carbocycles. The van der Waals surface area contributed by atoms with E-state index in [1.807, 2.05) is 6.92 Å². The molecule has 0 spiro atoms. The van der Waals surface area contributed by atoms with Crippen LogP contribution >= 0.6 is 0 Å². The number of hydrogen-bond donors (Lipinski definition) is 3. The molecule has 116 valence electrons. The second-order valence-corrected chi connectivity index (χ2v) is 6.12. The molecule has 3 N–H and O–H groups in total. The Kier molecular flexibility index (Phi) is 6.82. The predicted molar refractivity (Wildman–Crippen MR) is 78.6 cm³/mol. The third-order valence-electron chi connectivity index (χ3n) is 4.49. The van der Waals surface area contributed by atoms with Crippen molar-refractivity contribution in [3.63, 3.8) is 0 Å². The van der Waals surface area contributed by atoms with Gasteiger partial charge in [0.1, 0.15) is 0 Å². The molecule has 0 bridgehead atoms. The average molecular weight is 284 g/mol. The van der Waals surface area contributed by atoms with Gasteiger partial charge in [0.15, 0.2) is 0 Å². The molecule has 0 aromatic rings. The van der Waals surface area contributed by atoms with Gasteiger partial charge in [-0.05, 0) is 32.1 Å². The standard InChI is InChI=1S/C15H28N2O3/c1-3-15(2,13(18)19)11-17-14(20)16-10-6-9-12-7-4-5-8-12/h12H,3-11H2,1-2H3,(H,18,19)(H2,16,17,20). The van der Waals surface area contributed by atoms with E-state index in [-0.39, 0.29) is 12.6 Å². The summed E-state index contributed by atoms with van der Waals surface area (Å²) in [5, 5.41) is 14.6. The predicted octanol–water partition coefficient (Wildman–Crippen LogP) is 2.76. The summed E-state index contributed by atoms with van der Waals surface area (Å²) in [5.74, 6) is -0.0308. The Bertz CT molecular complexity index is 327. The zero-order valence-corrected chi connectivity index (χ0v) is 12.7. The molecule has 1 fully saturated rings. The van der Waals surface area contributed by atoms with E-state index in [9.17, 15) is 9.59 Å². The van der Waals surface area contributed by atoms with Crippen LogP contribution in [-0.4, -0.2) is 30.2 Å². The van der Waals surface area contributed by atoms with Crippen molar-refractivity contribution in [3.05, 3.63) is 0 Å². The Morgan fingerprint density at radius 3 is 2.45 bits per heavy atom. The molecule has 0 radical (unpaired) electrons. The minimum Gasteiger partial charge on any atom is -0.481 e. The number of amides is 2. The average Bonchev–Trinajstić information content (AvgIpc) is 2.94. The molecule has 5 nitrogen and oxygen atoms in total. The lowest BCUT2D eigenvalue weighted by atomic mass is 9.88. The zero-order chi connectivity index (χ0) is 15.0. The maximum Gasteiger partial charge on any atom is 0.314 e. The van der Waals surface area contributed by atoms with Crippen LogP contribution in [0.15, 0.2) is 0 Å². The first-order valence-corrected chi connectivity index (χ1v) is 7.73. The van der Waals surface area contributed by atoms with E-state index in [2.05, 4.69) is 10.6 Å². The van der Waals surface area contributed by atoms with Crippen molar-refractivity contribution in [1.29, 1.82) is 0 Å². The van der Waals surface area contributed by atoms with Crippen molar-refractivity contribution in [2.45, 2.75) is 58.8 Å². The first-order chi connectivity index (χ1) is 9.48. The van der Waals surface area contributed by atoms with E-state index in [0.717, 1.165) is 12.3 Å². The molecule has 2 amide bonds. The summed E-state index contributed by atoms with van der Waals surface area (Å²) in [6.07, 6.45) is 8.04. The van der Waals surface area contributed by atoms with E-state index in [1.165, 1.54) is 32.1 Å². The Hall–Kier alpha value is -1.26. The van der Waals surface area contributed by atoms with Gasteiger partial charge >= 0.3 is 12.0 Å². The van der Waals surface area contributed by atoms with Crippen LogP contribution in [-0.2, 0) is 4.79 Å². The van der Waals surface area contributed by atoms with E-state index in [4.69, 9.17) is 5.11 Å². The number of rotatable bonds is 8. The second-order valence-electron chi connectivity index (χ2n) is 6.12. The van der Waals surface area contributed by atoms with Crippen molar-refractivity contribution in [2.75, 3.05) is 13.1 Å². The van der Waals surface area contributed by atoms with Crippen LogP contribution in [0, 0.1) is 11.3 Å². The molecule has 0 aromatic heterocycles. The van der Waals surface area contributed by atoms with Gasteiger partial charge in [0.2, 0.25) is 0 Å². The van der Waals surface area contributed by atoms with E-state index in [1.54, 1.807) is 6.92 Å². The fraction of sp³-hybridized carbons (Fsp3) is 0.867. The summed E-state index contributed by atoms with van der Waals surface area (Å²) in [6, 6.07) is -0.266. The van der Waals surface area contributed by atoms with Gasteiger partial charge in [-0.15, -0.1) is 0 Å². The lowest BCUT2D eigenvalue weighted by Crippen LogP contribution is -2.44. The Balaban J connectivity index is 2.12. The van der Waals surface area contributed by atoms with E-state index in [0.29, 0.717) is 13.0 Å². The molecule has 1 atom stereocenters. The summed E-state index contributed by atoms with van der Waals surface area (Å²) in [5.41, 5.74) is -0.888. The van der Waals surface area contributed by atoms with Crippen LogP contribution in [0.25, 0.3) is 0 Å². The lowest BCUT2D eigenvalue weighted by molar-refractivity contribution is -0.147. The van der Waals surface area contributed by atoms with Crippen molar-refractivity contribution in [3.8, 4) is 0 Å². The van der Waals surface area contributed by atoms with Gasteiger partial charge in [-0.3, -0.25) is 4.79 Å². The largest absolute Gasteiger partial charge is 0.481 e. The van der Waals surface area contributed by atoms with E-state index >= 15 is 0 Å². The molecule has 1 aliphatic rings. The van der Waals surface area contributed by atoms with Crippen molar-refractivity contribution in [1.82, 2.24) is 10.6 Å². The highest BCUT2D eigenvalue weighted by atomic mass is 16.4. The van der Waals surface area contributed by atoms with Crippen molar-refractivity contribution >= 4 is 12.0 Å². The van der Waals surface area contributed by atoms with Crippen molar-refractivity contribution < 1.29 is 14.7 Å². The van der Waals surface area contributed by atoms with Crippen LogP contribution in [0.3, 0.4) is 0 Å². The van der Waals surface area contributed by atoms with Crippen molar-refractivity contribution in [2.24, 2.45) is 11.3 Å². The molecule has 0 saturated heterocycles. The first kappa shape index (κ1) is 16.8. The smallest absolute Gasteiger partial charge is 0.314 e. The summed E-state index contributed by atoms with van der Waals surface area (Å²) >= 11 is 0. The maximum absolute atomic E-state index is 11.6. The molecule has 1 aliphatic carbocycles. The number of carboxylic acid groups (broad SMARTS) is 1. The quantitative estimate of drug-likeness (QED) is 0.600. The highest BCUT2D eigenvalue weighted by molar-refractivity contribution is 5.77. The summed E-state index contributed by atoms with van der Waals surface area (Å²) in [6.45, 7) is 4.29. The normalized spacial score (nSPS) is 18.5. The zero-order valence-electron chi connectivity index (χ0n) is 12.7. The molecule has 1 rings (SSSR count). The number of carbonyl (C=O) groups excluding carboxylic acids is 1. The van der Waals surface area contributed by atoms with Crippen LogP contribution in [0.5, 0.6) is 0 Å². The summed E-state index contributed by atoms with van der Waals surface area (Å²) in [4.78, 5) is 22.7. The molecule has 1 unspecified atom stereocenters. The monoisotopic (exact) mass is 284 g/mol. The van der Waals surface area contributed by atoms with Crippen LogP contribution in [0.4, 0.5) is 4.79 Å². The van der Waals surface area contributed by atoms with Gasteiger partial charge in [0.05, 0.1) is 5.41 Å². The molecular weight excluding hydrogens is 256 g/mol. The number of carboxylic acids is 1. The molecule has 0 heterocycles. The molecule has 20 heavy (non-hydrogen) atoms. The van der Waals surface area contributed by atoms with Crippen LogP contribution in [0.2, 0.25) is 0 Å². The van der Waals surface area contributed by atoms with Crippen LogP contribution in [0.1, 0.15) is 58.8 Å². The Labute approximate surface area is 121 Å². The lowest BCUT2D eigenvalue weighted by Gasteiger charge is -2.23. The minimum atomic E-state index is -0.888. The molecule has 5 heteroatoms. The number of urea groups is 1. The summed E-state index contributed by atoms with van der Waals surface area (Å²) < 4.78 is 0. The third-order valence-corrected chi connectivity index (χ3v) is 4.49. The Morgan fingerprint density at radius 1 is 1.25 bits per heavy atom.